The fourth-order valence-electron chi connectivity index (χ4n) is 0. The van der Waals surface area contributed by atoms with Crippen molar-refractivity contribution in [1.29, 1.82) is 0 Å². The lowest BCUT2D eigenvalue weighted by Gasteiger charge is -2.11. The Balaban J connectivity index is 0. The molecule has 0 atom stereocenters. The predicted octanol–water partition coefficient (Wildman–Crippen LogP) is 3.30. The van der Waals surface area contributed by atoms with Crippen LogP contribution in [-0.2, 0) is 0 Å². The van der Waals surface area contributed by atoms with Crippen LogP contribution in [0.3, 0.4) is 0 Å². The number of hydrogen-bond donors (Lipinski definition) is 1. The monoisotopic (exact) mass is 364 g/mol. The second kappa shape index (κ2) is 6.28. The van der Waals surface area contributed by atoms with E-state index < -0.39 is 0 Å². The van der Waals surface area contributed by atoms with Crippen molar-refractivity contribution in [2.75, 3.05) is 18.8 Å². The Labute approximate surface area is 77.1 Å². The highest BCUT2D eigenvalue weighted by molar-refractivity contribution is 14.2. The predicted molar refractivity (Wildman–Crippen MR) is 62.4 cm³/mol. The number of hydrogen-bond acceptors (Lipinski definition) is 1. The Morgan fingerprint density at radius 3 is 1.14 bits per heavy atom. The summed E-state index contributed by atoms with van der Waals surface area (Å²) in [6.45, 7) is 0. The molecule has 0 radical (unpaired) electrons. The topological polar surface area (TPSA) is 0 Å². The van der Waals surface area contributed by atoms with Gasteiger partial charge in [-0.1, -0.05) is 0 Å². The Morgan fingerprint density at radius 2 is 1.14 bits per heavy atom. The van der Waals surface area contributed by atoms with Gasteiger partial charge in [-0.05, 0) is 61.2 Å². The smallest absolute Gasteiger partial charge is 0.00784 e. The zero-order valence-electron chi connectivity index (χ0n) is 4.61. The number of halogens is 2. The van der Waals surface area contributed by atoms with Crippen molar-refractivity contribution in [3.8, 4) is 0 Å². The van der Waals surface area contributed by atoms with Gasteiger partial charge in [-0.15, -0.1) is 9.80 Å². The van der Waals surface area contributed by atoms with E-state index >= 15 is 0 Å². The summed E-state index contributed by atoms with van der Waals surface area (Å²) in [5, 5.41) is 0. The van der Waals surface area contributed by atoms with E-state index in [0.717, 1.165) is 0 Å². The Morgan fingerprint density at radius 1 is 1.14 bits per heavy atom. The summed E-state index contributed by atoms with van der Waals surface area (Å²) in [5.41, 5.74) is 0. The fraction of sp³-hybridized carbons (Fsp3) is 1.00. The standard InChI is InChI=1S/C3H9IS.HIS/c1-5(2,3)4;1-2/h1-3H3;2H. The highest BCUT2D eigenvalue weighted by Gasteiger charge is 1.89. The summed E-state index contributed by atoms with van der Waals surface area (Å²) in [5.74, 6) is 0. The van der Waals surface area contributed by atoms with Crippen molar-refractivity contribution >= 4 is 59.4 Å². The second-order valence-electron chi connectivity index (χ2n) is 1.69. The zero-order chi connectivity index (χ0) is 6.50. The van der Waals surface area contributed by atoms with Gasteiger partial charge in [0.2, 0.25) is 0 Å². The van der Waals surface area contributed by atoms with Crippen LogP contribution in [0.5, 0.6) is 0 Å². The molecular weight excluding hydrogens is 354 g/mol. The van der Waals surface area contributed by atoms with Gasteiger partial charge in [0.05, 0.1) is 0 Å². The van der Waals surface area contributed by atoms with Crippen molar-refractivity contribution in [2.45, 2.75) is 0 Å². The third kappa shape index (κ3) is 66.4. The van der Waals surface area contributed by atoms with Crippen LogP contribution in [0.15, 0.2) is 0 Å². The molecule has 48 valence electrons. The molecule has 0 saturated heterocycles. The minimum Gasteiger partial charge on any atom is -0.196 e. The van der Waals surface area contributed by atoms with Gasteiger partial charge in [0, 0.05) is 0 Å². The van der Waals surface area contributed by atoms with E-state index in [1.165, 1.54) is 0 Å². The van der Waals surface area contributed by atoms with E-state index in [1.807, 2.05) is 21.2 Å². The van der Waals surface area contributed by atoms with Crippen molar-refractivity contribution in [3.05, 3.63) is 0 Å². The minimum absolute atomic E-state index is 0.197. The van der Waals surface area contributed by atoms with Crippen LogP contribution in [0.2, 0.25) is 0 Å². The molecule has 0 aliphatic rings. The molecule has 0 aromatic heterocycles. The Hall–Kier alpha value is 2.16. The first-order valence-corrected chi connectivity index (χ1v) is 10.2. The average molecular weight is 364 g/mol. The maximum absolute atomic E-state index is 3.50. The molecule has 0 aromatic rings. The first kappa shape index (κ1) is 11.9. The van der Waals surface area contributed by atoms with E-state index in [2.05, 4.69) is 49.8 Å². The lowest BCUT2D eigenvalue weighted by Crippen LogP contribution is -1.72. The second-order valence-corrected chi connectivity index (χ2v) is 13.0. The van der Waals surface area contributed by atoms with Crippen LogP contribution in [0, 0.1) is 0 Å². The first-order chi connectivity index (χ1) is 3.00. The van der Waals surface area contributed by atoms with Crippen molar-refractivity contribution in [1.82, 2.24) is 0 Å². The van der Waals surface area contributed by atoms with Crippen LogP contribution in [0.25, 0.3) is 0 Å². The molecule has 0 saturated carbocycles. The van der Waals surface area contributed by atoms with E-state index in [9.17, 15) is 0 Å². The summed E-state index contributed by atoms with van der Waals surface area (Å²) in [4.78, 5) is 0. The van der Waals surface area contributed by atoms with Gasteiger partial charge in [0.25, 0.3) is 0 Å². The lowest BCUT2D eigenvalue weighted by atomic mass is 11.9. The molecule has 0 N–H and O–H groups in total. The summed E-state index contributed by atoms with van der Waals surface area (Å²) in [6, 6.07) is 0. The molecule has 0 nitrogen and oxygen atoms in total. The zero-order valence-corrected chi connectivity index (χ0v) is 10.6. The largest absolute Gasteiger partial charge is 0.196 e. The molecule has 0 bridgehead atoms. The normalized spacial score (nSPS) is 11.7. The SMILES string of the molecule is CS(C)(C)I.SI. The maximum Gasteiger partial charge on any atom is -0.00784 e. The highest BCUT2D eigenvalue weighted by atomic mass is 127. The van der Waals surface area contributed by atoms with Crippen LogP contribution >= 0.6 is 59.4 Å². The third-order valence-electron chi connectivity index (χ3n) is 0. The molecule has 0 aliphatic carbocycles. The molecule has 7 heavy (non-hydrogen) atoms. The molecular formula is C3H10I2S2. The molecule has 0 amide bonds. The van der Waals surface area contributed by atoms with Gasteiger partial charge >= 0.3 is 0 Å². The summed E-state index contributed by atoms with van der Waals surface area (Å²) < 4.78 is 0. The Kier molecular flexibility index (Phi) is 10.7. The molecule has 0 aromatic carbocycles. The van der Waals surface area contributed by atoms with Gasteiger partial charge in [0.15, 0.2) is 0 Å². The molecule has 0 spiro atoms. The molecule has 0 unspecified atom stereocenters. The quantitative estimate of drug-likeness (QED) is 0.495. The van der Waals surface area contributed by atoms with Gasteiger partial charge in [-0.3, -0.25) is 0 Å². The molecule has 0 fully saturated rings. The van der Waals surface area contributed by atoms with Crippen LogP contribution in [-0.4, -0.2) is 18.8 Å². The van der Waals surface area contributed by atoms with E-state index in [0.29, 0.717) is 0 Å². The van der Waals surface area contributed by atoms with Crippen molar-refractivity contribution in [2.24, 2.45) is 0 Å². The van der Waals surface area contributed by atoms with Gasteiger partial charge in [0.1, 0.15) is 0 Å². The summed E-state index contributed by atoms with van der Waals surface area (Å²) >= 11 is 4.31. The summed E-state index contributed by atoms with van der Waals surface area (Å²) in [6.07, 6.45) is 6.77. The maximum atomic E-state index is 3.50. The van der Waals surface area contributed by atoms with E-state index in [-0.39, 0.29) is 7.20 Å². The summed E-state index contributed by atoms with van der Waals surface area (Å²) in [7, 11) is 3.30. The van der Waals surface area contributed by atoms with Gasteiger partial charge < -0.3 is 0 Å². The van der Waals surface area contributed by atoms with Crippen LogP contribution in [0.4, 0.5) is 0 Å². The Bertz CT molecular complexity index is 26.4. The highest BCUT2D eigenvalue weighted by Crippen LogP contribution is 2.43. The lowest BCUT2D eigenvalue weighted by molar-refractivity contribution is 2.19. The number of rotatable bonds is 0. The average Bonchev–Trinajstić information content (AvgIpc) is 1.36. The van der Waals surface area contributed by atoms with Gasteiger partial charge in [-0.25, -0.2) is 0 Å². The number of thiol groups is 1. The molecule has 0 rings (SSSR count). The molecule has 4 heteroatoms. The van der Waals surface area contributed by atoms with Crippen molar-refractivity contribution < 1.29 is 0 Å². The third-order valence-corrected chi connectivity index (χ3v) is 0. The van der Waals surface area contributed by atoms with Gasteiger partial charge in [-0.2, -0.15) is 7.20 Å². The van der Waals surface area contributed by atoms with Crippen molar-refractivity contribution in [3.63, 3.8) is 0 Å². The van der Waals surface area contributed by atoms with E-state index in [1.54, 1.807) is 0 Å². The van der Waals surface area contributed by atoms with Crippen LogP contribution in [0.1, 0.15) is 0 Å². The van der Waals surface area contributed by atoms with E-state index in [4.69, 9.17) is 0 Å². The first-order valence-electron chi connectivity index (χ1n) is 1.55. The fourth-order valence-corrected chi connectivity index (χ4v) is 0. The minimum atomic E-state index is -0.197. The van der Waals surface area contributed by atoms with Crippen LogP contribution < -0.4 is 0 Å². The molecule has 0 heterocycles. The molecule has 0 aliphatic heterocycles.